The Morgan fingerprint density at radius 3 is 2.61 bits per heavy atom. The van der Waals surface area contributed by atoms with Gasteiger partial charge in [0.05, 0.1) is 12.5 Å². The highest BCUT2D eigenvalue weighted by molar-refractivity contribution is 5.75. The number of hydrogen-bond donors (Lipinski definition) is 1. The molecule has 98 valence electrons. The first-order valence-corrected chi connectivity index (χ1v) is 6.17. The first-order valence-electron chi connectivity index (χ1n) is 6.17. The standard InChI is InChI=1S/C14H19NO3/c1-14(13(16)17)8-3-9-15(10-14)11-4-6-12(18-2)7-5-11/h4-7H,3,8-10H2,1-2H3,(H,16,17). The monoisotopic (exact) mass is 249 g/mol. The van der Waals surface area contributed by atoms with E-state index in [4.69, 9.17) is 4.74 Å². The van der Waals surface area contributed by atoms with Crippen molar-refractivity contribution in [3.05, 3.63) is 24.3 Å². The maximum atomic E-state index is 11.3. The van der Waals surface area contributed by atoms with Gasteiger partial charge in [-0.05, 0) is 44.0 Å². The molecule has 4 heteroatoms. The number of benzene rings is 1. The van der Waals surface area contributed by atoms with Crippen LogP contribution in [0.3, 0.4) is 0 Å². The maximum Gasteiger partial charge on any atom is 0.311 e. The quantitative estimate of drug-likeness (QED) is 0.893. The molecule has 1 atom stereocenters. The van der Waals surface area contributed by atoms with Gasteiger partial charge in [0, 0.05) is 18.8 Å². The van der Waals surface area contributed by atoms with Crippen molar-refractivity contribution in [2.45, 2.75) is 19.8 Å². The number of carboxylic acids is 1. The lowest BCUT2D eigenvalue weighted by atomic mass is 9.82. The number of aliphatic carboxylic acids is 1. The van der Waals surface area contributed by atoms with E-state index >= 15 is 0 Å². The SMILES string of the molecule is COc1ccc(N2CCCC(C)(C(=O)O)C2)cc1. The van der Waals surface area contributed by atoms with Crippen LogP contribution in [-0.4, -0.2) is 31.3 Å². The van der Waals surface area contributed by atoms with Crippen LogP contribution >= 0.6 is 0 Å². The minimum atomic E-state index is -0.708. The van der Waals surface area contributed by atoms with Gasteiger partial charge in [-0.3, -0.25) is 4.79 Å². The first-order chi connectivity index (χ1) is 8.55. The molecule has 18 heavy (non-hydrogen) atoms. The number of anilines is 1. The van der Waals surface area contributed by atoms with Crippen LogP contribution in [0.5, 0.6) is 5.75 Å². The normalized spacial score (nSPS) is 23.8. The van der Waals surface area contributed by atoms with Gasteiger partial charge < -0.3 is 14.7 Å². The van der Waals surface area contributed by atoms with Crippen molar-refractivity contribution in [3.8, 4) is 5.75 Å². The highest BCUT2D eigenvalue weighted by atomic mass is 16.5. The number of piperidine rings is 1. The van der Waals surface area contributed by atoms with Crippen molar-refractivity contribution in [2.75, 3.05) is 25.1 Å². The van der Waals surface area contributed by atoms with E-state index in [0.29, 0.717) is 6.54 Å². The molecule has 4 nitrogen and oxygen atoms in total. The number of carboxylic acid groups (broad SMARTS) is 1. The second-order valence-electron chi connectivity index (χ2n) is 5.09. The van der Waals surface area contributed by atoms with Gasteiger partial charge in [0.25, 0.3) is 0 Å². The topological polar surface area (TPSA) is 49.8 Å². The second kappa shape index (κ2) is 4.88. The molecule has 1 aliphatic heterocycles. The number of rotatable bonds is 3. The molecule has 1 heterocycles. The van der Waals surface area contributed by atoms with E-state index in [1.54, 1.807) is 7.11 Å². The van der Waals surface area contributed by atoms with Crippen LogP contribution in [0.1, 0.15) is 19.8 Å². The van der Waals surface area contributed by atoms with Crippen molar-refractivity contribution in [1.29, 1.82) is 0 Å². The molecule has 0 bridgehead atoms. The third-order valence-electron chi connectivity index (χ3n) is 3.65. The third-order valence-corrected chi connectivity index (χ3v) is 3.65. The molecule has 1 aromatic rings. The van der Waals surface area contributed by atoms with E-state index in [2.05, 4.69) is 4.90 Å². The Labute approximate surface area is 107 Å². The van der Waals surface area contributed by atoms with E-state index in [-0.39, 0.29) is 0 Å². The van der Waals surface area contributed by atoms with Gasteiger partial charge in [-0.25, -0.2) is 0 Å². The summed E-state index contributed by atoms with van der Waals surface area (Å²) >= 11 is 0. The minimum Gasteiger partial charge on any atom is -0.497 e. The Hall–Kier alpha value is -1.71. The molecule has 0 amide bonds. The molecule has 1 aromatic carbocycles. The summed E-state index contributed by atoms with van der Waals surface area (Å²) in [5.74, 6) is 0.109. The largest absolute Gasteiger partial charge is 0.497 e. The number of hydrogen-bond acceptors (Lipinski definition) is 3. The van der Waals surface area contributed by atoms with Crippen molar-refractivity contribution in [1.82, 2.24) is 0 Å². The smallest absolute Gasteiger partial charge is 0.311 e. The van der Waals surface area contributed by atoms with Crippen LogP contribution in [0.15, 0.2) is 24.3 Å². The average molecular weight is 249 g/mol. The molecule has 0 saturated carbocycles. The molecule has 1 unspecified atom stereocenters. The van der Waals surface area contributed by atoms with Crippen LogP contribution in [-0.2, 0) is 4.79 Å². The van der Waals surface area contributed by atoms with Crippen LogP contribution < -0.4 is 9.64 Å². The molecule has 1 fully saturated rings. The molecule has 1 aliphatic rings. The lowest BCUT2D eigenvalue weighted by molar-refractivity contribution is -0.148. The van der Waals surface area contributed by atoms with Crippen LogP contribution in [0.25, 0.3) is 0 Å². The number of carbonyl (C=O) groups is 1. The van der Waals surface area contributed by atoms with Crippen LogP contribution in [0.2, 0.25) is 0 Å². The van der Waals surface area contributed by atoms with E-state index in [0.717, 1.165) is 30.8 Å². The minimum absolute atomic E-state index is 0.564. The summed E-state index contributed by atoms with van der Waals surface area (Å²) < 4.78 is 5.12. The Kier molecular flexibility index (Phi) is 3.45. The third kappa shape index (κ3) is 2.42. The lowest BCUT2D eigenvalue weighted by Gasteiger charge is -2.38. The first kappa shape index (κ1) is 12.7. The summed E-state index contributed by atoms with van der Waals surface area (Å²) in [4.78, 5) is 13.4. The van der Waals surface area contributed by atoms with E-state index in [9.17, 15) is 9.90 Å². The average Bonchev–Trinajstić information content (AvgIpc) is 2.39. The predicted octanol–water partition coefficient (Wildman–Crippen LogP) is 2.39. The molecule has 1 saturated heterocycles. The number of ether oxygens (including phenoxy) is 1. The Morgan fingerprint density at radius 1 is 1.39 bits per heavy atom. The van der Waals surface area contributed by atoms with Crippen molar-refractivity contribution < 1.29 is 14.6 Å². The predicted molar refractivity (Wildman–Crippen MR) is 70.2 cm³/mol. The van der Waals surface area contributed by atoms with Crippen molar-refractivity contribution in [3.63, 3.8) is 0 Å². The fourth-order valence-electron chi connectivity index (χ4n) is 2.43. The molecule has 0 spiro atoms. The van der Waals surface area contributed by atoms with Gasteiger partial charge in [0.1, 0.15) is 5.75 Å². The summed E-state index contributed by atoms with van der Waals surface area (Å²) in [5.41, 5.74) is 0.418. The summed E-state index contributed by atoms with van der Waals surface area (Å²) in [6, 6.07) is 7.77. The van der Waals surface area contributed by atoms with E-state index in [1.165, 1.54) is 0 Å². The molecule has 0 aromatic heterocycles. The zero-order valence-electron chi connectivity index (χ0n) is 10.8. The zero-order chi connectivity index (χ0) is 13.2. The zero-order valence-corrected chi connectivity index (χ0v) is 10.8. The molecule has 1 N–H and O–H groups in total. The number of nitrogens with zero attached hydrogens (tertiary/aromatic N) is 1. The van der Waals surface area contributed by atoms with Gasteiger partial charge in [-0.1, -0.05) is 0 Å². The molecule has 2 rings (SSSR count). The molecular formula is C14H19NO3. The number of methoxy groups -OCH3 is 1. The van der Waals surface area contributed by atoms with E-state index < -0.39 is 11.4 Å². The van der Waals surface area contributed by atoms with Gasteiger partial charge >= 0.3 is 5.97 Å². The fraction of sp³-hybridized carbons (Fsp3) is 0.500. The van der Waals surface area contributed by atoms with Crippen LogP contribution in [0, 0.1) is 5.41 Å². The van der Waals surface area contributed by atoms with Crippen molar-refractivity contribution >= 4 is 11.7 Å². The Bertz CT molecular complexity index is 429. The highest BCUT2D eigenvalue weighted by Crippen LogP contribution is 2.32. The lowest BCUT2D eigenvalue weighted by Crippen LogP contribution is -2.46. The summed E-state index contributed by atoms with van der Waals surface area (Å²) in [7, 11) is 1.64. The molecular weight excluding hydrogens is 230 g/mol. The molecule has 0 aliphatic carbocycles. The Balaban J connectivity index is 2.15. The summed E-state index contributed by atoms with van der Waals surface area (Å²) in [6.45, 7) is 3.30. The summed E-state index contributed by atoms with van der Waals surface area (Å²) in [5, 5.41) is 9.30. The fourth-order valence-corrected chi connectivity index (χ4v) is 2.43. The van der Waals surface area contributed by atoms with Crippen molar-refractivity contribution in [2.24, 2.45) is 5.41 Å². The highest BCUT2D eigenvalue weighted by Gasteiger charge is 2.37. The van der Waals surface area contributed by atoms with Crippen LogP contribution in [0.4, 0.5) is 5.69 Å². The van der Waals surface area contributed by atoms with Gasteiger partial charge in [0.15, 0.2) is 0 Å². The maximum absolute atomic E-state index is 11.3. The second-order valence-corrected chi connectivity index (χ2v) is 5.09. The van der Waals surface area contributed by atoms with Gasteiger partial charge in [0.2, 0.25) is 0 Å². The Morgan fingerprint density at radius 2 is 2.06 bits per heavy atom. The summed E-state index contributed by atoms with van der Waals surface area (Å²) in [6.07, 6.45) is 1.66. The van der Waals surface area contributed by atoms with Gasteiger partial charge in [-0.2, -0.15) is 0 Å². The molecule has 0 radical (unpaired) electrons. The van der Waals surface area contributed by atoms with E-state index in [1.807, 2.05) is 31.2 Å². The van der Waals surface area contributed by atoms with Gasteiger partial charge in [-0.15, -0.1) is 0 Å².